The van der Waals surface area contributed by atoms with E-state index in [1.54, 1.807) is 21.1 Å². The molecule has 0 aliphatic heterocycles. The number of benzene rings is 1. The molecule has 0 radical (unpaired) electrons. The van der Waals surface area contributed by atoms with Crippen molar-refractivity contribution in [2.24, 2.45) is 11.3 Å². The van der Waals surface area contributed by atoms with Crippen molar-refractivity contribution in [2.75, 3.05) is 14.2 Å². The molecule has 110 valence electrons. The van der Waals surface area contributed by atoms with E-state index in [1.807, 2.05) is 24.3 Å². The zero-order chi connectivity index (χ0) is 15.2. The quantitative estimate of drug-likeness (QED) is 0.802. The number of rotatable bonds is 3. The number of carbonyl (C=O) groups is 2. The van der Waals surface area contributed by atoms with Gasteiger partial charge in [-0.25, -0.2) is 0 Å². The van der Waals surface area contributed by atoms with Gasteiger partial charge in [0.05, 0.1) is 25.6 Å². The van der Waals surface area contributed by atoms with Crippen LogP contribution in [0.5, 0.6) is 11.5 Å². The second-order valence-electron chi connectivity index (χ2n) is 5.81. The fourth-order valence-corrected chi connectivity index (χ4v) is 3.28. The second kappa shape index (κ2) is 4.72. The Hall–Kier alpha value is -2.10. The maximum atomic E-state index is 12.5. The van der Waals surface area contributed by atoms with E-state index in [2.05, 4.69) is 0 Å². The molecule has 1 saturated carbocycles. The molecule has 1 aromatic carbocycles. The second-order valence-corrected chi connectivity index (χ2v) is 5.81. The molecule has 1 aromatic rings. The van der Waals surface area contributed by atoms with Gasteiger partial charge in [-0.05, 0) is 36.6 Å². The lowest BCUT2D eigenvalue weighted by Crippen LogP contribution is -2.32. The molecule has 0 aromatic heterocycles. The lowest BCUT2D eigenvalue weighted by Gasteiger charge is -2.26. The number of allylic oxidation sites excluding steroid dienone is 2. The van der Waals surface area contributed by atoms with Crippen molar-refractivity contribution in [1.82, 2.24) is 0 Å². The van der Waals surface area contributed by atoms with Gasteiger partial charge in [0, 0.05) is 6.42 Å². The zero-order valence-corrected chi connectivity index (χ0v) is 12.4. The molecular weight excluding hydrogens is 268 g/mol. The third kappa shape index (κ3) is 1.89. The van der Waals surface area contributed by atoms with Gasteiger partial charge < -0.3 is 9.47 Å². The molecule has 2 atom stereocenters. The molecule has 0 spiro atoms. The molecular formula is C17H18O4. The molecule has 3 rings (SSSR count). The number of fused-ring (bicyclic) bond motifs is 2. The van der Waals surface area contributed by atoms with Gasteiger partial charge in [0.25, 0.3) is 0 Å². The maximum absolute atomic E-state index is 12.5. The van der Waals surface area contributed by atoms with Gasteiger partial charge in [-0.3, -0.25) is 9.59 Å². The number of ketones is 2. The third-order valence-corrected chi connectivity index (χ3v) is 4.69. The molecule has 21 heavy (non-hydrogen) atoms. The number of carbonyl (C=O) groups excluding carboxylic acids is 2. The molecule has 4 heteroatoms. The summed E-state index contributed by atoms with van der Waals surface area (Å²) in [5.41, 5.74) is 1.05. The summed E-state index contributed by atoms with van der Waals surface area (Å²) in [5, 5.41) is 0. The van der Waals surface area contributed by atoms with Crippen LogP contribution in [0.4, 0.5) is 0 Å². The Labute approximate surface area is 123 Å². The van der Waals surface area contributed by atoms with E-state index in [4.69, 9.17) is 9.47 Å². The van der Waals surface area contributed by atoms with Gasteiger partial charge in [-0.2, -0.15) is 0 Å². The van der Waals surface area contributed by atoms with Crippen molar-refractivity contribution in [3.8, 4) is 11.5 Å². The molecule has 1 fully saturated rings. The minimum Gasteiger partial charge on any atom is -0.493 e. The number of ether oxygens (including phenoxy) is 2. The number of methoxy groups -OCH3 is 2. The molecule has 2 unspecified atom stereocenters. The van der Waals surface area contributed by atoms with Gasteiger partial charge in [0.2, 0.25) is 0 Å². The monoisotopic (exact) mass is 286 g/mol. The van der Waals surface area contributed by atoms with E-state index in [9.17, 15) is 9.59 Å². The van der Waals surface area contributed by atoms with Gasteiger partial charge in [-0.15, -0.1) is 0 Å². The van der Waals surface area contributed by atoms with Crippen molar-refractivity contribution in [2.45, 2.75) is 19.8 Å². The number of hydrogen-bond donors (Lipinski definition) is 0. The van der Waals surface area contributed by atoms with Crippen molar-refractivity contribution in [1.29, 1.82) is 0 Å². The van der Waals surface area contributed by atoms with E-state index >= 15 is 0 Å². The molecule has 2 aliphatic carbocycles. The van der Waals surface area contributed by atoms with Crippen LogP contribution in [0.2, 0.25) is 0 Å². The summed E-state index contributed by atoms with van der Waals surface area (Å²) in [7, 11) is 3.17. The summed E-state index contributed by atoms with van der Waals surface area (Å²) in [5.74, 6) is 1.08. The highest BCUT2D eigenvalue weighted by molar-refractivity contribution is 6.19. The van der Waals surface area contributed by atoms with E-state index in [0.717, 1.165) is 11.1 Å². The average molecular weight is 286 g/mol. The van der Waals surface area contributed by atoms with Gasteiger partial charge in [0.1, 0.15) is 5.78 Å². The molecule has 0 heterocycles. The summed E-state index contributed by atoms with van der Waals surface area (Å²) >= 11 is 0. The SMILES string of the molecule is COc1ccc(C2=CCC3(C)C(=O)CC2C3=O)cc1OC. The van der Waals surface area contributed by atoms with Crippen molar-refractivity contribution in [3.05, 3.63) is 29.8 Å². The molecule has 0 saturated heterocycles. The molecule has 2 aliphatic rings. The highest BCUT2D eigenvalue weighted by Gasteiger charge is 2.53. The van der Waals surface area contributed by atoms with Gasteiger partial charge in [0.15, 0.2) is 17.3 Å². The van der Waals surface area contributed by atoms with Crippen LogP contribution in [-0.2, 0) is 9.59 Å². The van der Waals surface area contributed by atoms with Crippen LogP contribution in [0.3, 0.4) is 0 Å². The maximum Gasteiger partial charge on any atom is 0.161 e. The first kappa shape index (κ1) is 13.9. The fourth-order valence-electron chi connectivity index (χ4n) is 3.28. The zero-order valence-electron chi connectivity index (χ0n) is 12.4. The van der Waals surface area contributed by atoms with Crippen molar-refractivity contribution >= 4 is 17.1 Å². The van der Waals surface area contributed by atoms with Crippen LogP contribution in [0.15, 0.2) is 24.3 Å². The fraction of sp³-hybridized carbons (Fsp3) is 0.412. The van der Waals surface area contributed by atoms with Crippen LogP contribution < -0.4 is 9.47 Å². The Morgan fingerprint density at radius 1 is 1.14 bits per heavy atom. The normalized spacial score (nSPS) is 27.6. The Balaban J connectivity index is 2.03. The van der Waals surface area contributed by atoms with E-state index in [-0.39, 0.29) is 17.5 Å². The first-order chi connectivity index (χ1) is 10.0. The standard InChI is InChI=1S/C17H18O4/c1-17-7-6-11(12(16(17)19)9-15(17)18)10-4-5-13(20-2)14(8-10)21-3/h4-6,8,12H,7,9H2,1-3H3. The highest BCUT2D eigenvalue weighted by Crippen LogP contribution is 2.49. The topological polar surface area (TPSA) is 52.6 Å². The first-order valence-electron chi connectivity index (χ1n) is 7.01. The van der Waals surface area contributed by atoms with Crippen LogP contribution in [-0.4, -0.2) is 25.8 Å². The summed E-state index contributed by atoms with van der Waals surface area (Å²) in [6.45, 7) is 1.76. The van der Waals surface area contributed by atoms with E-state index in [0.29, 0.717) is 24.3 Å². The Morgan fingerprint density at radius 2 is 1.86 bits per heavy atom. The largest absolute Gasteiger partial charge is 0.493 e. The summed E-state index contributed by atoms with van der Waals surface area (Å²) in [4.78, 5) is 24.6. The molecule has 4 nitrogen and oxygen atoms in total. The van der Waals surface area contributed by atoms with E-state index < -0.39 is 5.41 Å². The molecule has 0 N–H and O–H groups in total. The highest BCUT2D eigenvalue weighted by atomic mass is 16.5. The van der Waals surface area contributed by atoms with Gasteiger partial charge >= 0.3 is 0 Å². The van der Waals surface area contributed by atoms with Crippen LogP contribution in [0, 0.1) is 11.3 Å². The third-order valence-electron chi connectivity index (χ3n) is 4.69. The smallest absolute Gasteiger partial charge is 0.161 e. The first-order valence-corrected chi connectivity index (χ1v) is 7.01. The molecule has 2 bridgehead atoms. The summed E-state index contributed by atoms with van der Waals surface area (Å²) < 4.78 is 10.5. The van der Waals surface area contributed by atoms with Gasteiger partial charge in [-0.1, -0.05) is 12.1 Å². The number of hydrogen-bond acceptors (Lipinski definition) is 4. The van der Waals surface area contributed by atoms with Crippen LogP contribution in [0.1, 0.15) is 25.3 Å². The predicted octanol–water partition coefficient (Wildman–Crippen LogP) is 2.66. The lowest BCUT2D eigenvalue weighted by molar-refractivity contribution is -0.134. The van der Waals surface area contributed by atoms with Crippen LogP contribution in [0.25, 0.3) is 5.57 Å². The predicted molar refractivity (Wildman–Crippen MR) is 78.4 cm³/mol. The number of Topliss-reactive ketones (excluding diaryl/α,β-unsaturated/α-hetero) is 2. The summed E-state index contributed by atoms with van der Waals surface area (Å²) in [6.07, 6.45) is 2.83. The van der Waals surface area contributed by atoms with Crippen LogP contribution >= 0.6 is 0 Å². The van der Waals surface area contributed by atoms with Crippen molar-refractivity contribution < 1.29 is 19.1 Å². The minimum absolute atomic E-state index is 0.0554. The van der Waals surface area contributed by atoms with E-state index in [1.165, 1.54) is 0 Å². The Morgan fingerprint density at radius 3 is 2.52 bits per heavy atom. The summed E-state index contributed by atoms with van der Waals surface area (Å²) in [6, 6.07) is 5.60. The Bertz CT molecular complexity index is 659. The van der Waals surface area contributed by atoms with Crippen molar-refractivity contribution in [3.63, 3.8) is 0 Å². The molecule has 0 amide bonds. The minimum atomic E-state index is -0.801. The average Bonchev–Trinajstić information content (AvgIpc) is 2.63. The lowest BCUT2D eigenvalue weighted by atomic mass is 9.75. The Kier molecular flexibility index (Phi) is 3.12.